The first kappa shape index (κ1) is 19.2. The van der Waals surface area contributed by atoms with E-state index in [1.165, 1.54) is 25.9 Å². The normalized spacial score (nSPS) is 22.0. The van der Waals surface area contributed by atoms with Gasteiger partial charge in [0.15, 0.2) is 0 Å². The third-order valence-corrected chi connectivity index (χ3v) is 5.79. The lowest BCUT2D eigenvalue weighted by molar-refractivity contribution is -0.126. The third-order valence-electron chi connectivity index (χ3n) is 5.47. The van der Waals surface area contributed by atoms with Crippen LogP contribution in [0, 0.1) is 11.8 Å². The van der Waals surface area contributed by atoms with Gasteiger partial charge in [0.25, 0.3) is 0 Å². The summed E-state index contributed by atoms with van der Waals surface area (Å²) in [5.41, 5.74) is 0.689. The van der Waals surface area contributed by atoms with Crippen LogP contribution in [-0.4, -0.2) is 49.4 Å². The molecule has 0 radical (unpaired) electrons. The maximum absolute atomic E-state index is 12.4. The zero-order valence-corrected chi connectivity index (χ0v) is 16.2. The van der Waals surface area contributed by atoms with Crippen LogP contribution in [0.4, 0.5) is 5.69 Å². The lowest BCUT2D eigenvalue weighted by Crippen LogP contribution is -2.37. The second-order valence-corrected chi connectivity index (χ2v) is 7.93. The molecule has 2 aliphatic heterocycles. The van der Waals surface area contributed by atoms with E-state index in [1.54, 1.807) is 11.0 Å². The first-order valence-electron chi connectivity index (χ1n) is 9.59. The van der Waals surface area contributed by atoms with E-state index < -0.39 is 0 Å². The highest BCUT2D eigenvalue weighted by Gasteiger charge is 2.35. The Bertz CT molecular complexity index is 644. The summed E-state index contributed by atoms with van der Waals surface area (Å²) in [4.78, 5) is 28.8. The topological polar surface area (TPSA) is 52.7 Å². The zero-order chi connectivity index (χ0) is 18.5. The number of hydrogen-bond donors (Lipinski definition) is 1. The molecular weight excluding hydrogens is 350 g/mol. The Balaban J connectivity index is 1.41. The van der Waals surface area contributed by atoms with Crippen LogP contribution in [0.1, 0.15) is 32.6 Å². The van der Waals surface area contributed by atoms with Crippen molar-refractivity contribution in [1.29, 1.82) is 0 Å². The summed E-state index contributed by atoms with van der Waals surface area (Å²) in [5, 5.41) is 3.54. The molecule has 0 aromatic heterocycles. The first-order valence-corrected chi connectivity index (χ1v) is 9.97. The fraction of sp³-hybridized carbons (Fsp3) is 0.600. The third kappa shape index (κ3) is 4.77. The van der Waals surface area contributed by atoms with Crippen molar-refractivity contribution in [2.24, 2.45) is 11.8 Å². The van der Waals surface area contributed by atoms with Gasteiger partial charge in [0.2, 0.25) is 11.8 Å². The van der Waals surface area contributed by atoms with E-state index in [9.17, 15) is 9.59 Å². The molecule has 142 valence electrons. The standard InChI is InChI=1S/C20H28ClN3O2/c1-15-7-11-23(12-8-15)10-4-9-22-20(26)16-13-19(25)24(14-16)18-6-3-2-5-17(18)21/h2-3,5-6,15-16H,4,7-14H2,1H3,(H,22,26)/t16-/m1/s1. The molecule has 1 N–H and O–H groups in total. The molecule has 26 heavy (non-hydrogen) atoms. The molecule has 3 rings (SSSR count). The summed E-state index contributed by atoms with van der Waals surface area (Å²) >= 11 is 6.18. The molecule has 0 unspecified atom stereocenters. The van der Waals surface area contributed by atoms with E-state index >= 15 is 0 Å². The van der Waals surface area contributed by atoms with Gasteiger partial charge < -0.3 is 15.1 Å². The maximum Gasteiger partial charge on any atom is 0.227 e. The van der Waals surface area contributed by atoms with Crippen LogP contribution >= 0.6 is 11.6 Å². The van der Waals surface area contributed by atoms with Crippen molar-refractivity contribution in [2.45, 2.75) is 32.6 Å². The van der Waals surface area contributed by atoms with Crippen molar-refractivity contribution < 1.29 is 9.59 Å². The highest BCUT2D eigenvalue weighted by molar-refractivity contribution is 6.33. The number of piperidine rings is 1. The number of hydrogen-bond acceptors (Lipinski definition) is 3. The van der Waals surface area contributed by atoms with Gasteiger partial charge in [0, 0.05) is 19.5 Å². The average molecular weight is 378 g/mol. The Labute approximate surface area is 160 Å². The summed E-state index contributed by atoms with van der Waals surface area (Å²) in [6, 6.07) is 7.27. The molecular formula is C20H28ClN3O2. The van der Waals surface area contributed by atoms with Gasteiger partial charge in [0.1, 0.15) is 0 Å². The van der Waals surface area contributed by atoms with E-state index in [-0.39, 0.29) is 24.2 Å². The number of amides is 2. The summed E-state index contributed by atoms with van der Waals surface area (Å²) in [6.07, 6.45) is 3.75. The van der Waals surface area contributed by atoms with Crippen LogP contribution in [0.3, 0.4) is 0 Å². The molecule has 2 aliphatic rings. The molecule has 5 nitrogen and oxygen atoms in total. The number of anilines is 1. The fourth-order valence-electron chi connectivity index (χ4n) is 3.73. The van der Waals surface area contributed by atoms with Crippen molar-refractivity contribution >= 4 is 29.1 Å². The Morgan fingerprint density at radius 3 is 2.73 bits per heavy atom. The van der Waals surface area contributed by atoms with Crippen LogP contribution in [0.5, 0.6) is 0 Å². The number of benzene rings is 1. The second kappa shape index (κ2) is 8.87. The molecule has 2 amide bonds. The Hall–Kier alpha value is -1.59. The van der Waals surface area contributed by atoms with Gasteiger partial charge in [0.05, 0.1) is 16.6 Å². The van der Waals surface area contributed by atoms with Gasteiger partial charge in [-0.05, 0) is 56.9 Å². The Morgan fingerprint density at radius 2 is 2.00 bits per heavy atom. The molecule has 1 aromatic carbocycles. The minimum absolute atomic E-state index is 0.0276. The monoisotopic (exact) mass is 377 g/mol. The van der Waals surface area contributed by atoms with Crippen molar-refractivity contribution in [3.8, 4) is 0 Å². The number of nitrogens with zero attached hydrogens (tertiary/aromatic N) is 2. The van der Waals surface area contributed by atoms with Crippen LogP contribution < -0.4 is 10.2 Å². The van der Waals surface area contributed by atoms with Crippen LogP contribution in [0.15, 0.2) is 24.3 Å². The van der Waals surface area contributed by atoms with Crippen LogP contribution in [0.25, 0.3) is 0 Å². The number of halogens is 1. The number of carbonyl (C=O) groups excluding carboxylic acids is 2. The van der Waals surface area contributed by atoms with Crippen LogP contribution in [0.2, 0.25) is 5.02 Å². The minimum atomic E-state index is -0.297. The molecule has 1 atom stereocenters. The smallest absolute Gasteiger partial charge is 0.227 e. The maximum atomic E-state index is 12.4. The van der Waals surface area contributed by atoms with E-state index in [0.717, 1.165) is 18.9 Å². The quantitative estimate of drug-likeness (QED) is 0.775. The number of nitrogens with one attached hydrogen (secondary N) is 1. The molecule has 2 fully saturated rings. The minimum Gasteiger partial charge on any atom is -0.356 e. The van der Waals surface area contributed by atoms with Crippen LogP contribution in [-0.2, 0) is 9.59 Å². The number of carbonyl (C=O) groups is 2. The van der Waals surface area contributed by atoms with E-state index in [1.807, 2.05) is 18.2 Å². The zero-order valence-electron chi connectivity index (χ0n) is 15.4. The van der Waals surface area contributed by atoms with Gasteiger partial charge in [-0.3, -0.25) is 9.59 Å². The Morgan fingerprint density at radius 1 is 1.27 bits per heavy atom. The summed E-state index contributed by atoms with van der Waals surface area (Å²) in [6.45, 7) is 6.74. The molecule has 2 heterocycles. The van der Waals surface area contributed by atoms with E-state index in [0.29, 0.717) is 23.8 Å². The molecule has 0 spiro atoms. The van der Waals surface area contributed by atoms with Crippen molar-refractivity contribution in [2.75, 3.05) is 37.6 Å². The van der Waals surface area contributed by atoms with E-state index in [4.69, 9.17) is 11.6 Å². The number of likely N-dealkylation sites (tertiary alicyclic amines) is 1. The highest BCUT2D eigenvalue weighted by Crippen LogP contribution is 2.31. The summed E-state index contributed by atoms with van der Waals surface area (Å²) in [5.74, 6) is 0.474. The van der Waals surface area contributed by atoms with Gasteiger partial charge in [-0.15, -0.1) is 0 Å². The predicted octanol–water partition coefficient (Wildman–Crippen LogP) is 2.93. The Kier molecular flexibility index (Phi) is 6.54. The SMILES string of the molecule is CC1CCN(CCCNC(=O)[C@@H]2CC(=O)N(c3ccccc3Cl)C2)CC1. The fourth-order valence-corrected chi connectivity index (χ4v) is 3.97. The molecule has 0 saturated carbocycles. The molecule has 0 aliphatic carbocycles. The van der Waals surface area contributed by atoms with Gasteiger partial charge in [-0.1, -0.05) is 30.7 Å². The molecule has 1 aromatic rings. The van der Waals surface area contributed by atoms with E-state index in [2.05, 4.69) is 17.1 Å². The average Bonchev–Trinajstić information content (AvgIpc) is 3.02. The van der Waals surface area contributed by atoms with Gasteiger partial charge >= 0.3 is 0 Å². The lowest BCUT2D eigenvalue weighted by atomic mass is 9.99. The molecule has 6 heteroatoms. The second-order valence-electron chi connectivity index (χ2n) is 7.53. The molecule has 0 bridgehead atoms. The summed E-state index contributed by atoms with van der Waals surface area (Å²) in [7, 11) is 0. The predicted molar refractivity (Wildman–Crippen MR) is 104 cm³/mol. The van der Waals surface area contributed by atoms with Gasteiger partial charge in [-0.25, -0.2) is 0 Å². The number of rotatable bonds is 6. The molecule has 2 saturated heterocycles. The van der Waals surface area contributed by atoms with Gasteiger partial charge in [-0.2, -0.15) is 0 Å². The van der Waals surface area contributed by atoms with Crippen molar-refractivity contribution in [1.82, 2.24) is 10.2 Å². The highest BCUT2D eigenvalue weighted by atomic mass is 35.5. The number of para-hydroxylation sites is 1. The largest absolute Gasteiger partial charge is 0.356 e. The van der Waals surface area contributed by atoms with Crippen molar-refractivity contribution in [3.63, 3.8) is 0 Å². The summed E-state index contributed by atoms with van der Waals surface area (Å²) < 4.78 is 0. The lowest BCUT2D eigenvalue weighted by Gasteiger charge is -2.30. The first-order chi connectivity index (χ1) is 12.5. The van der Waals surface area contributed by atoms with Crippen molar-refractivity contribution in [3.05, 3.63) is 29.3 Å².